The largest absolute Gasteiger partial charge is 0.379 e. The number of hydrogen-bond donors (Lipinski definition) is 0. The zero-order chi connectivity index (χ0) is 11.6. The van der Waals surface area contributed by atoms with Crippen LogP contribution in [-0.4, -0.2) is 50.7 Å². The highest BCUT2D eigenvalue weighted by Crippen LogP contribution is 2.28. The Bertz CT molecular complexity index is 326. The number of halogens is 1. The molecule has 2 fully saturated rings. The molecule has 1 saturated carbocycles. The van der Waals surface area contributed by atoms with Gasteiger partial charge in [-0.15, -0.1) is 0 Å². The van der Waals surface area contributed by atoms with Crippen LogP contribution >= 0.6 is 15.9 Å². The molecule has 2 unspecified atom stereocenters. The first-order valence-corrected chi connectivity index (χ1v) is 8.34. The van der Waals surface area contributed by atoms with Gasteiger partial charge < -0.3 is 9.47 Å². The van der Waals surface area contributed by atoms with Crippen molar-refractivity contribution in [2.45, 2.75) is 23.8 Å². The van der Waals surface area contributed by atoms with Crippen molar-refractivity contribution in [3.8, 4) is 0 Å². The first kappa shape index (κ1) is 12.8. The molecule has 1 heterocycles. The molecule has 4 nitrogen and oxygen atoms in total. The Labute approximate surface area is 105 Å². The third kappa shape index (κ3) is 3.98. The van der Waals surface area contributed by atoms with E-state index in [0.717, 1.165) is 12.5 Å². The maximum Gasteiger partial charge on any atom is 0.154 e. The molecule has 1 aliphatic carbocycles. The molecule has 0 bridgehead atoms. The van der Waals surface area contributed by atoms with Crippen LogP contribution in [0.5, 0.6) is 0 Å². The van der Waals surface area contributed by atoms with Crippen molar-refractivity contribution in [2.24, 2.45) is 5.92 Å². The Hall–Kier alpha value is 0.350. The SMILES string of the molecule is O=S1(=O)CC(Br)C(OCCOCC2CC2)C1. The fourth-order valence-corrected chi connectivity index (χ4v) is 5.18. The van der Waals surface area contributed by atoms with Crippen LogP contribution in [-0.2, 0) is 19.3 Å². The molecule has 2 atom stereocenters. The Morgan fingerprint density at radius 1 is 1.19 bits per heavy atom. The summed E-state index contributed by atoms with van der Waals surface area (Å²) in [7, 11) is -2.90. The predicted molar refractivity (Wildman–Crippen MR) is 64.7 cm³/mol. The highest BCUT2D eigenvalue weighted by molar-refractivity contribution is 9.09. The average molecular weight is 313 g/mol. The van der Waals surface area contributed by atoms with Crippen molar-refractivity contribution in [3.63, 3.8) is 0 Å². The molecule has 0 amide bonds. The van der Waals surface area contributed by atoms with E-state index in [0.29, 0.717) is 13.2 Å². The van der Waals surface area contributed by atoms with E-state index in [2.05, 4.69) is 15.9 Å². The molecule has 16 heavy (non-hydrogen) atoms. The van der Waals surface area contributed by atoms with E-state index in [4.69, 9.17) is 9.47 Å². The second-order valence-electron chi connectivity index (χ2n) is 4.52. The van der Waals surface area contributed by atoms with E-state index in [1.165, 1.54) is 12.8 Å². The summed E-state index contributed by atoms with van der Waals surface area (Å²) < 4.78 is 33.5. The molecular weight excluding hydrogens is 296 g/mol. The van der Waals surface area contributed by atoms with Crippen LogP contribution in [0.15, 0.2) is 0 Å². The van der Waals surface area contributed by atoms with Gasteiger partial charge in [-0.1, -0.05) is 15.9 Å². The molecular formula is C10H17BrO4S. The van der Waals surface area contributed by atoms with E-state index in [1.807, 2.05) is 0 Å². The quantitative estimate of drug-likeness (QED) is 0.542. The predicted octanol–water partition coefficient (Wildman–Crippen LogP) is 0.990. The summed E-state index contributed by atoms with van der Waals surface area (Å²) >= 11 is 3.34. The number of hydrogen-bond acceptors (Lipinski definition) is 4. The fraction of sp³-hybridized carbons (Fsp3) is 1.00. The van der Waals surface area contributed by atoms with Crippen LogP contribution in [0.1, 0.15) is 12.8 Å². The van der Waals surface area contributed by atoms with Crippen molar-refractivity contribution in [3.05, 3.63) is 0 Å². The molecule has 0 spiro atoms. The van der Waals surface area contributed by atoms with Crippen LogP contribution in [0.3, 0.4) is 0 Å². The van der Waals surface area contributed by atoms with Gasteiger partial charge in [-0.2, -0.15) is 0 Å². The normalized spacial score (nSPS) is 33.1. The lowest BCUT2D eigenvalue weighted by Gasteiger charge is -2.13. The summed E-state index contributed by atoms with van der Waals surface area (Å²) in [5.41, 5.74) is 0. The number of sulfone groups is 1. The van der Waals surface area contributed by atoms with Gasteiger partial charge in [0.05, 0.1) is 35.7 Å². The van der Waals surface area contributed by atoms with Crippen LogP contribution in [0.25, 0.3) is 0 Å². The highest BCUT2D eigenvalue weighted by atomic mass is 79.9. The van der Waals surface area contributed by atoms with E-state index in [9.17, 15) is 8.42 Å². The average Bonchev–Trinajstić information content (AvgIpc) is 2.94. The Balaban J connectivity index is 1.58. The smallest absolute Gasteiger partial charge is 0.154 e. The highest BCUT2D eigenvalue weighted by Gasteiger charge is 2.36. The first-order chi connectivity index (χ1) is 7.57. The molecule has 0 aromatic heterocycles. The second kappa shape index (κ2) is 5.33. The van der Waals surface area contributed by atoms with Crippen molar-refractivity contribution in [2.75, 3.05) is 31.3 Å². The Kier molecular flexibility index (Phi) is 4.26. The van der Waals surface area contributed by atoms with Gasteiger partial charge >= 0.3 is 0 Å². The summed E-state index contributed by atoms with van der Waals surface area (Å²) in [6.45, 7) is 1.87. The second-order valence-corrected chi connectivity index (χ2v) is 7.85. The van der Waals surface area contributed by atoms with E-state index >= 15 is 0 Å². The zero-order valence-electron chi connectivity index (χ0n) is 9.10. The van der Waals surface area contributed by atoms with Gasteiger partial charge in [0.25, 0.3) is 0 Å². The van der Waals surface area contributed by atoms with E-state index < -0.39 is 9.84 Å². The number of ether oxygens (including phenoxy) is 2. The lowest BCUT2D eigenvalue weighted by atomic mass is 10.3. The molecule has 0 radical (unpaired) electrons. The molecule has 2 aliphatic rings. The van der Waals surface area contributed by atoms with Gasteiger partial charge in [-0.3, -0.25) is 0 Å². The molecule has 0 aromatic carbocycles. The summed E-state index contributed by atoms with van der Waals surface area (Å²) in [6, 6.07) is 0. The monoisotopic (exact) mass is 312 g/mol. The lowest BCUT2D eigenvalue weighted by molar-refractivity contribution is 0.0152. The van der Waals surface area contributed by atoms with Crippen molar-refractivity contribution in [1.82, 2.24) is 0 Å². The summed E-state index contributed by atoms with van der Waals surface area (Å²) in [6.07, 6.45) is 2.35. The van der Waals surface area contributed by atoms with Gasteiger partial charge in [0, 0.05) is 6.61 Å². The summed E-state index contributed by atoms with van der Waals surface area (Å²) in [5, 5.41) is 0. The molecule has 0 N–H and O–H groups in total. The van der Waals surface area contributed by atoms with E-state index in [1.54, 1.807) is 0 Å². The van der Waals surface area contributed by atoms with Crippen LogP contribution in [0.2, 0.25) is 0 Å². The maximum atomic E-state index is 11.3. The fourth-order valence-electron chi connectivity index (χ4n) is 1.72. The van der Waals surface area contributed by atoms with Crippen molar-refractivity contribution in [1.29, 1.82) is 0 Å². The number of alkyl halides is 1. The van der Waals surface area contributed by atoms with Crippen molar-refractivity contribution >= 4 is 25.8 Å². The molecule has 0 aromatic rings. The molecule has 1 saturated heterocycles. The van der Waals surface area contributed by atoms with Gasteiger partial charge in [0.1, 0.15) is 0 Å². The summed E-state index contributed by atoms with van der Waals surface area (Å²) in [4.78, 5) is -0.0686. The van der Waals surface area contributed by atoms with Crippen molar-refractivity contribution < 1.29 is 17.9 Å². The lowest BCUT2D eigenvalue weighted by Crippen LogP contribution is -2.24. The van der Waals surface area contributed by atoms with Crippen LogP contribution in [0.4, 0.5) is 0 Å². The zero-order valence-corrected chi connectivity index (χ0v) is 11.5. The van der Waals surface area contributed by atoms with Crippen LogP contribution in [0, 0.1) is 5.92 Å². The number of rotatable bonds is 6. The van der Waals surface area contributed by atoms with Gasteiger partial charge in [0.2, 0.25) is 0 Å². The Morgan fingerprint density at radius 3 is 2.50 bits per heavy atom. The minimum Gasteiger partial charge on any atom is -0.379 e. The third-order valence-corrected chi connectivity index (χ3v) is 5.89. The molecule has 2 rings (SSSR count). The third-order valence-electron chi connectivity index (χ3n) is 2.84. The first-order valence-electron chi connectivity index (χ1n) is 5.61. The molecule has 94 valence electrons. The minimum atomic E-state index is -2.90. The Morgan fingerprint density at radius 2 is 1.94 bits per heavy atom. The maximum absolute atomic E-state index is 11.3. The topological polar surface area (TPSA) is 52.6 Å². The minimum absolute atomic E-state index is 0.0686. The van der Waals surface area contributed by atoms with E-state index in [-0.39, 0.29) is 22.4 Å². The van der Waals surface area contributed by atoms with Gasteiger partial charge in [-0.05, 0) is 18.8 Å². The standard InChI is InChI=1S/C10H17BrO4S/c11-9-6-16(12,13)7-10(9)15-4-3-14-5-8-1-2-8/h8-10H,1-7H2. The molecule has 6 heteroatoms. The summed E-state index contributed by atoms with van der Waals surface area (Å²) in [5.74, 6) is 1.07. The van der Waals surface area contributed by atoms with Gasteiger partial charge in [0.15, 0.2) is 9.84 Å². The molecule has 1 aliphatic heterocycles. The van der Waals surface area contributed by atoms with Crippen LogP contribution < -0.4 is 0 Å². The van der Waals surface area contributed by atoms with Gasteiger partial charge in [-0.25, -0.2) is 8.42 Å².